The number of ether oxygens (including phenoxy) is 1. The number of aromatic nitrogens is 2. The van der Waals surface area contributed by atoms with Crippen molar-refractivity contribution in [1.29, 1.82) is 0 Å². The molecule has 1 aromatic heterocycles. The summed E-state index contributed by atoms with van der Waals surface area (Å²) in [5.74, 6) is 2.38. The quantitative estimate of drug-likeness (QED) is 0.437. The summed E-state index contributed by atoms with van der Waals surface area (Å²) >= 11 is 0. The number of nitrogens with one attached hydrogen (secondary N) is 2. The zero-order valence-electron chi connectivity index (χ0n) is 12.3. The third-order valence-corrected chi connectivity index (χ3v) is 2.60. The van der Waals surface area contributed by atoms with Crippen molar-refractivity contribution in [3.05, 3.63) is 18.2 Å². The summed E-state index contributed by atoms with van der Waals surface area (Å²) in [4.78, 5) is 8.52. The van der Waals surface area contributed by atoms with E-state index in [-0.39, 0.29) is 0 Å². The maximum absolute atomic E-state index is 4.99. The number of methoxy groups -OCH3 is 1. The van der Waals surface area contributed by atoms with Crippen molar-refractivity contribution in [3.63, 3.8) is 0 Å². The molecule has 0 radical (unpaired) electrons. The number of hydrogen-bond donors (Lipinski definition) is 2. The van der Waals surface area contributed by atoms with E-state index < -0.39 is 0 Å². The van der Waals surface area contributed by atoms with Crippen molar-refractivity contribution in [2.24, 2.45) is 10.9 Å². The van der Waals surface area contributed by atoms with Crippen LogP contribution < -0.4 is 10.6 Å². The Balaban J connectivity index is 2.44. The van der Waals surface area contributed by atoms with Crippen LogP contribution >= 0.6 is 0 Å². The highest BCUT2D eigenvalue weighted by atomic mass is 16.5. The second-order valence-corrected chi connectivity index (χ2v) is 4.74. The zero-order valence-corrected chi connectivity index (χ0v) is 12.3. The highest BCUT2D eigenvalue weighted by Gasteiger charge is 2.05. The minimum Gasteiger partial charge on any atom is -0.383 e. The van der Waals surface area contributed by atoms with Crippen LogP contribution in [-0.4, -0.2) is 42.8 Å². The second-order valence-electron chi connectivity index (χ2n) is 4.74. The highest BCUT2D eigenvalue weighted by Crippen LogP contribution is 2.03. The third-order valence-electron chi connectivity index (χ3n) is 2.60. The largest absolute Gasteiger partial charge is 0.383 e. The van der Waals surface area contributed by atoms with Gasteiger partial charge in [0.15, 0.2) is 5.96 Å². The summed E-state index contributed by atoms with van der Waals surface area (Å²) in [7, 11) is 3.43. The molecule has 0 saturated carbocycles. The molecular formula is C13H25N5O. The Morgan fingerprint density at radius 3 is 2.89 bits per heavy atom. The molecule has 108 valence electrons. The van der Waals surface area contributed by atoms with Crippen LogP contribution in [0, 0.1) is 5.92 Å². The molecule has 0 aliphatic heterocycles. The van der Waals surface area contributed by atoms with Gasteiger partial charge in [0, 0.05) is 39.6 Å². The van der Waals surface area contributed by atoms with Crippen molar-refractivity contribution in [1.82, 2.24) is 20.2 Å². The van der Waals surface area contributed by atoms with Crippen molar-refractivity contribution in [3.8, 4) is 0 Å². The smallest absolute Gasteiger partial charge is 0.191 e. The average Bonchev–Trinajstić information content (AvgIpc) is 2.80. The van der Waals surface area contributed by atoms with E-state index >= 15 is 0 Å². The molecule has 0 amide bonds. The second kappa shape index (κ2) is 8.53. The molecule has 1 rings (SSSR count). The molecule has 1 aromatic rings. The molecule has 0 aliphatic carbocycles. The van der Waals surface area contributed by atoms with Crippen molar-refractivity contribution >= 4 is 5.96 Å². The van der Waals surface area contributed by atoms with E-state index in [1.54, 1.807) is 14.2 Å². The lowest BCUT2D eigenvalue weighted by atomic mass is 10.2. The van der Waals surface area contributed by atoms with Crippen LogP contribution in [0.4, 0.5) is 0 Å². The molecule has 0 bridgehead atoms. The Labute approximate surface area is 115 Å². The van der Waals surface area contributed by atoms with Gasteiger partial charge in [0.2, 0.25) is 0 Å². The number of guanidine groups is 1. The molecule has 0 unspecified atom stereocenters. The number of imidazole rings is 1. The summed E-state index contributed by atoms with van der Waals surface area (Å²) in [5, 5.41) is 6.41. The summed E-state index contributed by atoms with van der Waals surface area (Å²) < 4.78 is 7.15. The van der Waals surface area contributed by atoms with E-state index in [2.05, 4.69) is 39.0 Å². The van der Waals surface area contributed by atoms with E-state index in [0.29, 0.717) is 19.1 Å². The van der Waals surface area contributed by atoms with E-state index in [4.69, 9.17) is 4.74 Å². The standard InChI is InChI=1S/C13H25N5O/c1-11(2)10-18-7-5-15-12(18)9-17-13(14-3)16-6-8-19-4/h5,7,11H,6,8-10H2,1-4H3,(H2,14,16,17). The summed E-state index contributed by atoms with van der Waals surface area (Å²) in [6.45, 7) is 7.42. The molecule has 0 atom stereocenters. The molecule has 1 heterocycles. The van der Waals surface area contributed by atoms with Gasteiger partial charge in [0.05, 0.1) is 13.2 Å². The SMILES string of the molecule is CN=C(NCCOC)NCc1nccn1CC(C)C. The third kappa shape index (κ3) is 5.74. The molecule has 0 fully saturated rings. The predicted molar refractivity (Wildman–Crippen MR) is 77.1 cm³/mol. The van der Waals surface area contributed by atoms with Crippen molar-refractivity contribution in [2.45, 2.75) is 26.9 Å². The zero-order chi connectivity index (χ0) is 14.1. The lowest BCUT2D eigenvalue weighted by Gasteiger charge is -2.13. The molecular weight excluding hydrogens is 242 g/mol. The van der Waals surface area contributed by atoms with Gasteiger partial charge in [-0.25, -0.2) is 4.98 Å². The van der Waals surface area contributed by atoms with Gasteiger partial charge in [-0.1, -0.05) is 13.8 Å². The fourth-order valence-corrected chi connectivity index (χ4v) is 1.72. The Kier molecular flexibility index (Phi) is 6.95. The first kappa shape index (κ1) is 15.5. The van der Waals surface area contributed by atoms with Gasteiger partial charge in [0.25, 0.3) is 0 Å². The van der Waals surface area contributed by atoms with Crippen molar-refractivity contribution in [2.75, 3.05) is 27.3 Å². The van der Waals surface area contributed by atoms with Crippen LogP contribution in [0.5, 0.6) is 0 Å². The maximum atomic E-state index is 4.99. The predicted octanol–water partition coefficient (Wildman–Crippen LogP) is 0.851. The number of nitrogens with zero attached hydrogens (tertiary/aromatic N) is 3. The molecule has 0 spiro atoms. The van der Waals surface area contributed by atoms with Crippen LogP contribution in [0.1, 0.15) is 19.7 Å². The van der Waals surface area contributed by atoms with Crippen LogP contribution in [-0.2, 0) is 17.8 Å². The van der Waals surface area contributed by atoms with Crippen LogP contribution in [0.3, 0.4) is 0 Å². The van der Waals surface area contributed by atoms with Crippen LogP contribution in [0.15, 0.2) is 17.4 Å². The minimum atomic E-state index is 0.604. The first-order chi connectivity index (χ1) is 9.17. The van der Waals surface area contributed by atoms with Gasteiger partial charge in [-0.2, -0.15) is 0 Å². The molecule has 19 heavy (non-hydrogen) atoms. The topological polar surface area (TPSA) is 63.5 Å². The van der Waals surface area contributed by atoms with E-state index in [9.17, 15) is 0 Å². The van der Waals surface area contributed by atoms with E-state index in [1.807, 2.05) is 12.4 Å². The Hall–Kier alpha value is -1.56. The first-order valence-corrected chi connectivity index (χ1v) is 6.60. The number of aliphatic imine (C=N–C) groups is 1. The monoisotopic (exact) mass is 267 g/mol. The van der Waals surface area contributed by atoms with Crippen LogP contribution in [0.2, 0.25) is 0 Å². The number of hydrogen-bond acceptors (Lipinski definition) is 3. The van der Waals surface area contributed by atoms with Gasteiger partial charge >= 0.3 is 0 Å². The molecule has 0 saturated heterocycles. The Morgan fingerprint density at radius 1 is 1.47 bits per heavy atom. The molecule has 6 nitrogen and oxygen atoms in total. The summed E-state index contributed by atoms with van der Waals surface area (Å²) in [5.41, 5.74) is 0. The van der Waals surface area contributed by atoms with Gasteiger partial charge in [-0.15, -0.1) is 0 Å². The number of rotatable bonds is 7. The average molecular weight is 267 g/mol. The van der Waals surface area contributed by atoms with Crippen molar-refractivity contribution < 1.29 is 4.74 Å². The molecule has 2 N–H and O–H groups in total. The normalized spacial score (nSPS) is 11.9. The van der Waals surface area contributed by atoms with Gasteiger partial charge in [-0.05, 0) is 5.92 Å². The van der Waals surface area contributed by atoms with E-state index in [1.165, 1.54) is 0 Å². The maximum Gasteiger partial charge on any atom is 0.191 e. The molecule has 0 aromatic carbocycles. The molecule has 6 heteroatoms. The summed E-state index contributed by atoms with van der Waals surface area (Å²) in [6.07, 6.45) is 3.85. The summed E-state index contributed by atoms with van der Waals surface area (Å²) in [6, 6.07) is 0. The van der Waals surface area contributed by atoms with Crippen LogP contribution in [0.25, 0.3) is 0 Å². The van der Waals surface area contributed by atoms with Gasteiger partial charge < -0.3 is 19.9 Å². The van der Waals surface area contributed by atoms with E-state index in [0.717, 1.165) is 24.9 Å². The first-order valence-electron chi connectivity index (χ1n) is 6.60. The molecule has 0 aliphatic rings. The minimum absolute atomic E-state index is 0.604. The highest BCUT2D eigenvalue weighted by molar-refractivity contribution is 5.79. The van der Waals surface area contributed by atoms with Gasteiger partial charge in [-0.3, -0.25) is 4.99 Å². The fraction of sp³-hybridized carbons (Fsp3) is 0.692. The van der Waals surface area contributed by atoms with Gasteiger partial charge in [0.1, 0.15) is 5.82 Å². The lowest BCUT2D eigenvalue weighted by Crippen LogP contribution is -2.39. The lowest BCUT2D eigenvalue weighted by molar-refractivity contribution is 0.203. The Bertz CT molecular complexity index is 386. The fourth-order valence-electron chi connectivity index (χ4n) is 1.72. The Morgan fingerprint density at radius 2 is 2.26 bits per heavy atom.